The molecule has 0 fully saturated rings. The Morgan fingerprint density at radius 1 is 0.947 bits per heavy atom. The molecule has 38 heavy (non-hydrogen) atoms. The Kier molecular flexibility index (Phi) is 10.0. The minimum Gasteiger partial charge on any atom is -0.458 e. The lowest BCUT2D eigenvalue weighted by molar-refractivity contribution is -0.158. The van der Waals surface area contributed by atoms with E-state index in [2.05, 4.69) is 5.32 Å². The maximum absolute atomic E-state index is 13.1. The number of nitrogens with one attached hydrogen (secondary N) is 1. The molecule has 1 N–H and O–H groups in total. The van der Waals surface area contributed by atoms with Crippen LogP contribution in [0.15, 0.2) is 53.4 Å². The minimum absolute atomic E-state index is 0.0593. The number of hydrogen-bond acceptors (Lipinski definition) is 7. The molecule has 0 bridgehead atoms. The summed E-state index contributed by atoms with van der Waals surface area (Å²) in [5, 5.41) is 2.65. The van der Waals surface area contributed by atoms with Crippen molar-refractivity contribution in [2.75, 3.05) is 21.1 Å². The number of hydrogen-bond donors (Lipinski definition) is 1. The number of rotatable bonds is 9. The van der Waals surface area contributed by atoms with Crippen molar-refractivity contribution in [3.63, 3.8) is 0 Å². The van der Waals surface area contributed by atoms with Crippen molar-refractivity contribution in [2.45, 2.75) is 63.6 Å². The fraction of sp³-hybridized carbons (Fsp3) is 0.444. The summed E-state index contributed by atoms with van der Waals surface area (Å²) >= 11 is 0. The molecular weight excluding hydrogens is 510 g/mol. The summed E-state index contributed by atoms with van der Waals surface area (Å²) in [6.45, 7) is 8.42. The second-order valence-electron chi connectivity index (χ2n) is 10.2. The predicted octanol–water partition coefficient (Wildman–Crippen LogP) is 3.13. The van der Waals surface area contributed by atoms with E-state index in [9.17, 15) is 22.8 Å². The number of esters is 1. The molecule has 0 aliphatic carbocycles. The fourth-order valence-corrected chi connectivity index (χ4v) is 4.55. The molecule has 11 heteroatoms. The lowest BCUT2D eigenvalue weighted by Gasteiger charge is -2.28. The zero-order valence-electron chi connectivity index (χ0n) is 23.1. The van der Waals surface area contributed by atoms with Crippen LogP contribution in [-0.4, -0.2) is 74.4 Å². The van der Waals surface area contributed by atoms with E-state index in [1.165, 1.54) is 31.0 Å². The summed E-state index contributed by atoms with van der Waals surface area (Å²) in [5.74, 6) is -0.998. The first kappa shape index (κ1) is 30.8. The van der Waals surface area contributed by atoms with E-state index in [1.54, 1.807) is 71.3 Å². The third-order valence-electron chi connectivity index (χ3n) is 5.56. The molecule has 208 valence electrons. The molecule has 10 nitrogen and oxygen atoms in total. The summed E-state index contributed by atoms with van der Waals surface area (Å²) < 4.78 is 37.8. The van der Waals surface area contributed by atoms with Crippen LogP contribution < -0.4 is 10.1 Å². The van der Waals surface area contributed by atoms with E-state index in [4.69, 9.17) is 9.47 Å². The number of carbonyl (C=O) groups excluding carboxylic acids is 3. The van der Waals surface area contributed by atoms with Gasteiger partial charge in [-0.1, -0.05) is 29.8 Å². The van der Waals surface area contributed by atoms with Crippen LogP contribution in [0.3, 0.4) is 0 Å². The maximum atomic E-state index is 13.1. The van der Waals surface area contributed by atoms with Gasteiger partial charge in [0.05, 0.1) is 4.90 Å². The number of carbonyl (C=O) groups is 3. The predicted molar refractivity (Wildman–Crippen MR) is 143 cm³/mol. The van der Waals surface area contributed by atoms with E-state index < -0.39 is 45.7 Å². The molecule has 0 heterocycles. The highest BCUT2D eigenvalue weighted by atomic mass is 32.2. The van der Waals surface area contributed by atoms with Crippen LogP contribution in [-0.2, 0) is 30.8 Å². The van der Waals surface area contributed by atoms with Gasteiger partial charge in [0.1, 0.15) is 23.4 Å². The van der Waals surface area contributed by atoms with Crippen molar-refractivity contribution in [3.05, 3.63) is 59.7 Å². The van der Waals surface area contributed by atoms with Gasteiger partial charge in [0.2, 0.25) is 15.9 Å². The Morgan fingerprint density at radius 3 is 2.00 bits per heavy atom. The number of aryl methyl sites for hydroxylation is 1. The molecule has 0 aliphatic rings. The highest BCUT2D eigenvalue weighted by Gasteiger charge is 2.33. The largest absolute Gasteiger partial charge is 0.458 e. The van der Waals surface area contributed by atoms with Crippen LogP contribution in [0.5, 0.6) is 5.75 Å². The molecule has 0 radical (unpaired) electrons. The number of benzene rings is 2. The molecule has 0 unspecified atom stereocenters. The second-order valence-corrected chi connectivity index (χ2v) is 12.2. The maximum Gasteiger partial charge on any atom is 0.414 e. The van der Waals surface area contributed by atoms with E-state index in [0.717, 1.165) is 9.87 Å². The Hall–Kier alpha value is -3.44. The van der Waals surface area contributed by atoms with Gasteiger partial charge in [0.15, 0.2) is 0 Å². The van der Waals surface area contributed by atoms with Gasteiger partial charge in [-0.25, -0.2) is 18.0 Å². The fourth-order valence-electron chi connectivity index (χ4n) is 3.23. The monoisotopic (exact) mass is 547 g/mol. The molecule has 2 atom stereocenters. The zero-order chi connectivity index (χ0) is 28.8. The smallest absolute Gasteiger partial charge is 0.414 e. The summed E-state index contributed by atoms with van der Waals surface area (Å²) in [4.78, 5) is 39.2. The Morgan fingerprint density at radius 2 is 1.50 bits per heavy atom. The first-order valence-electron chi connectivity index (χ1n) is 12.1. The van der Waals surface area contributed by atoms with Gasteiger partial charge in [0.25, 0.3) is 0 Å². The third-order valence-corrected chi connectivity index (χ3v) is 7.51. The van der Waals surface area contributed by atoms with Gasteiger partial charge in [-0.3, -0.25) is 4.79 Å². The summed E-state index contributed by atoms with van der Waals surface area (Å²) in [6, 6.07) is 10.6. The SMILES string of the molecule is Cc1ccc(S(=O)(=O)N(C)[C@@H](C)C(=O)N[C@@H](Cc2ccc(OC(=O)N(C)C)cc2)C(=O)OC(C)(C)C)cc1. The first-order chi connectivity index (χ1) is 17.5. The zero-order valence-corrected chi connectivity index (χ0v) is 24.0. The Balaban J connectivity index is 2.22. The topological polar surface area (TPSA) is 122 Å². The van der Waals surface area contributed by atoms with Crippen molar-refractivity contribution in [2.24, 2.45) is 0 Å². The molecule has 0 saturated carbocycles. The van der Waals surface area contributed by atoms with E-state index in [1.807, 2.05) is 6.92 Å². The van der Waals surface area contributed by atoms with E-state index in [0.29, 0.717) is 11.3 Å². The highest BCUT2D eigenvalue weighted by molar-refractivity contribution is 7.89. The average Bonchev–Trinajstić information content (AvgIpc) is 2.82. The lowest BCUT2D eigenvalue weighted by Crippen LogP contribution is -2.52. The third kappa shape index (κ3) is 8.56. The van der Waals surface area contributed by atoms with Gasteiger partial charge in [-0.2, -0.15) is 4.31 Å². The van der Waals surface area contributed by atoms with Crippen molar-refractivity contribution in [1.82, 2.24) is 14.5 Å². The molecule has 2 aromatic rings. The minimum atomic E-state index is -3.95. The van der Waals surface area contributed by atoms with Crippen LogP contribution >= 0.6 is 0 Å². The average molecular weight is 548 g/mol. The Labute approximate surface area is 225 Å². The Bertz CT molecular complexity index is 1230. The van der Waals surface area contributed by atoms with E-state index >= 15 is 0 Å². The van der Waals surface area contributed by atoms with E-state index in [-0.39, 0.29) is 11.3 Å². The van der Waals surface area contributed by atoms with Crippen molar-refractivity contribution < 1.29 is 32.3 Å². The number of sulfonamides is 1. The second kappa shape index (κ2) is 12.4. The molecule has 0 saturated heterocycles. The van der Waals surface area contributed by atoms with Gasteiger partial charge >= 0.3 is 12.1 Å². The number of likely N-dealkylation sites (N-methyl/N-ethyl adjacent to an activating group) is 1. The molecule has 2 aromatic carbocycles. The molecule has 2 rings (SSSR count). The van der Waals surface area contributed by atoms with Crippen LogP contribution in [0, 0.1) is 6.92 Å². The molecule has 2 amide bonds. The molecule has 0 aromatic heterocycles. The van der Waals surface area contributed by atoms with Gasteiger partial charge in [-0.15, -0.1) is 0 Å². The normalized spacial score (nSPS) is 13.4. The molecule has 0 aliphatic heterocycles. The molecular formula is C27H37N3O7S. The number of nitrogens with zero attached hydrogens (tertiary/aromatic N) is 2. The van der Waals surface area contributed by atoms with Crippen LogP contribution in [0.25, 0.3) is 0 Å². The molecule has 0 spiro atoms. The standard InChI is InChI=1S/C27H37N3O7S/c1-18-9-15-22(16-10-18)38(34,35)30(8)19(2)24(31)28-23(25(32)37-27(3,4)5)17-20-11-13-21(14-12-20)36-26(33)29(6)7/h9-16,19,23H,17H2,1-8H3,(H,28,31)/t19-,23-/m0/s1. The number of ether oxygens (including phenoxy) is 2. The summed E-state index contributed by atoms with van der Waals surface area (Å²) in [7, 11) is 0.491. The quantitative estimate of drug-likeness (QED) is 0.479. The summed E-state index contributed by atoms with van der Waals surface area (Å²) in [5.41, 5.74) is 0.766. The van der Waals surface area contributed by atoms with Crippen LogP contribution in [0.2, 0.25) is 0 Å². The summed E-state index contributed by atoms with van der Waals surface area (Å²) in [6.07, 6.45) is -0.459. The van der Waals surface area contributed by atoms with Crippen molar-refractivity contribution in [1.29, 1.82) is 0 Å². The first-order valence-corrected chi connectivity index (χ1v) is 13.5. The van der Waals surface area contributed by atoms with Crippen LogP contribution in [0.1, 0.15) is 38.8 Å². The van der Waals surface area contributed by atoms with Gasteiger partial charge < -0.3 is 19.7 Å². The van der Waals surface area contributed by atoms with Crippen molar-refractivity contribution in [3.8, 4) is 5.75 Å². The van der Waals surface area contributed by atoms with Crippen LogP contribution in [0.4, 0.5) is 4.79 Å². The lowest BCUT2D eigenvalue weighted by atomic mass is 10.0. The van der Waals surface area contributed by atoms with Gasteiger partial charge in [-0.05, 0) is 64.4 Å². The van der Waals surface area contributed by atoms with Gasteiger partial charge in [0, 0.05) is 27.6 Å². The highest BCUT2D eigenvalue weighted by Crippen LogP contribution is 2.19. The number of amides is 2. The van der Waals surface area contributed by atoms with Crippen molar-refractivity contribution >= 4 is 28.0 Å².